The van der Waals surface area contributed by atoms with E-state index in [0.29, 0.717) is 40.0 Å². The summed E-state index contributed by atoms with van der Waals surface area (Å²) in [5, 5.41) is 15.0. The van der Waals surface area contributed by atoms with E-state index in [4.69, 9.17) is 34.0 Å². The quantitative estimate of drug-likeness (QED) is 0.605. The fourth-order valence-electron chi connectivity index (χ4n) is 1.95. The van der Waals surface area contributed by atoms with Crippen LogP contribution in [0, 0.1) is 6.92 Å². The molecule has 0 bridgehead atoms. The lowest BCUT2D eigenvalue weighted by molar-refractivity contribution is 0.172. The molecule has 24 heavy (non-hydrogen) atoms. The normalized spacial score (nSPS) is 11.9. The first-order chi connectivity index (χ1) is 11.3. The van der Waals surface area contributed by atoms with Crippen LogP contribution in [0.3, 0.4) is 0 Å². The number of hydrogen-bond acceptors (Lipinski definition) is 5. The Morgan fingerprint density at radius 2 is 2.00 bits per heavy atom. The molecule has 0 saturated heterocycles. The van der Waals surface area contributed by atoms with Gasteiger partial charge in [-0.15, -0.1) is 0 Å². The van der Waals surface area contributed by atoms with Crippen LogP contribution < -0.4 is 16.4 Å². The second kappa shape index (κ2) is 8.25. The number of hydrogen-bond donors (Lipinski definition) is 4. The van der Waals surface area contributed by atoms with E-state index >= 15 is 0 Å². The summed E-state index contributed by atoms with van der Waals surface area (Å²) in [5.41, 5.74) is 7.17. The van der Waals surface area contributed by atoms with Gasteiger partial charge >= 0.3 is 6.03 Å². The van der Waals surface area contributed by atoms with Crippen molar-refractivity contribution in [3.63, 3.8) is 0 Å². The molecule has 2 aromatic rings. The highest BCUT2D eigenvalue weighted by Crippen LogP contribution is 2.25. The summed E-state index contributed by atoms with van der Waals surface area (Å²) in [6, 6.07) is 6.00. The zero-order chi connectivity index (χ0) is 17.7. The van der Waals surface area contributed by atoms with E-state index in [1.54, 1.807) is 25.1 Å². The molecule has 0 aliphatic rings. The first-order valence-electron chi connectivity index (χ1n) is 7.15. The number of nitrogens with one attached hydrogen (secondary N) is 2. The van der Waals surface area contributed by atoms with E-state index in [1.165, 1.54) is 6.07 Å². The molecule has 7 nitrogen and oxygen atoms in total. The van der Waals surface area contributed by atoms with Gasteiger partial charge in [-0.25, -0.2) is 14.8 Å². The van der Waals surface area contributed by atoms with Gasteiger partial charge in [-0.1, -0.05) is 23.2 Å². The number of nitrogens with zero attached hydrogens (tertiary/aromatic N) is 2. The molecule has 9 heteroatoms. The lowest BCUT2D eigenvalue weighted by atomic mass is 10.2. The Hall–Kier alpha value is -1.93. The van der Waals surface area contributed by atoms with E-state index in [1.807, 2.05) is 0 Å². The van der Waals surface area contributed by atoms with Gasteiger partial charge in [0.2, 0.25) is 5.95 Å². The molecular formula is C15H17Cl2N5O2. The van der Waals surface area contributed by atoms with Gasteiger partial charge in [0.25, 0.3) is 0 Å². The number of aliphatic hydroxyl groups excluding tert-OH is 1. The molecule has 2 rings (SSSR count). The number of aromatic nitrogens is 2. The summed E-state index contributed by atoms with van der Waals surface area (Å²) < 4.78 is 0. The molecule has 1 unspecified atom stereocenters. The molecule has 1 heterocycles. The first-order valence-corrected chi connectivity index (χ1v) is 7.90. The van der Waals surface area contributed by atoms with Crippen LogP contribution in [-0.2, 0) is 6.42 Å². The fraction of sp³-hybridized carbons (Fsp3) is 0.267. The Balaban J connectivity index is 2.03. The van der Waals surface area contributed by atoms with Crippen LogP contribution in [0.5, 0.6) is 0 Å². The highest BCUT2D eigenvalue weighted by atomic mass is 35.5. The number of benzene rings is 1. The Kier molecular flexibility index (Phi) is 6.33. The van der Waals surface area contributed by atoms with Crippen molar-refractivity contribution in [1.82, 2.24) is 9.97 Å². The Bertz CT molecular complexity index is 740. The summed E-state index contributed by atoms with van der Waals surface area (Å²) in [6.45, 7) is 1.78. The van der Waals surface area contributed by atoms with Crippen molar-refractivity contribution in [3.05, 3.63) is 45.7 Å². The number of nitrogens with two attached hydrogens (primary N) is 1. The van der Waals surface area contributed by atoms with E-state index in [9.17, 15) is 4.79 Å². The third-order valence-electron chi connectivity index (χ3n) is 3.01. The van der Waals surface area contributed by atoms with E-state index in [2.05, 4.69) is 20.6 Å². The standard InChI is InChI=1S/C15H17Cl2N5O2/c1-8-6-9(3-5-13(18)23)20-14(19-8)22-15(24)21-10-2-4-11(16)12(17)7-10/h2,4,6-7,13,23H,3,5,18H2,1H3,(H2,19,20,21,22,24). The van der Waals surface area contributed by atoms with Crippen LogP contribution in [0.1, 0.15) is 17.8 Å². The Morgan fingerprint density at radius 3 is 2.67 bits per heavy atom. The fourth-order valence-corrected chi connectivity index (χ4v) is 2.25. The number of aliphatic hydroxyl groups is 1. The number of aryl methyl sites for hydroxylation is 2. The molecule has 0 saturated carbocycles. The molecule has 128 valence electrons. The molecule has 0 aliphatic heterocycles. The van der Waals surface area contributed by atoms with Crippen molar-refractivity contribution in [1.29, 1.82) is 0 Å². The zero-order valence-electron chi connectivity index (χ0n) is 12.9. The lowest BCUT2D eigenvalue weighted by Gasteiger charge is -2.10. The predicted molar refractivity (Wildman–Crippen MR) is 94.4 cm³/mol. The third kappa shape index (κ3) is 5.61. The monoisotopic (exact) mass is 369 g/mol. The van der Waals surface area contributed by atoms with Crippen LogP contribution in [0.2, 0.25) is 10.0 Å². The van der Waals surface area contributed by atoms with Gasteiger partial charge < -0.3 is 16.2 Å². The first kappa shape index (κ1) is 18.4. The molecule has 1 aromatic carbocycles. The summed E-state index contributed by atoms with van der Waals surface area (Å²) in [5.74, 6) is 0.161. The van der Waals surface area contributed by atoms with Crippen LogP contribution in [0.4, 0.5) is 16.4 Å². The van der Waals surface area contributed by atoms with Crippen molar-refractivity contribution in [2.24, 2.45) is 5.73 Å². The predicted octanol–water partition coefficient (Wildman–Crippen LogP) is 2.95. The second-order valence-electron chi connectivity index (χ2n) is 5.14. The number of halogens is 2. The highest BCUT2D eigenvalue weighted by Gasteiger charge is 2.09. The van der Waals surface area contributed by atoms with Gasteiger partial charge in [-0.05, 0) is 44.0 Å². The van der Waals surface area contributed by atoms with Crippen molar-refractivity contribution in [2.75, 3.05) is 10.6 Å². The molecule has 0 aliphatic carbocycles. The minimum Gasteiger partial charge on any atom is -0.379 e. The van der Waals surface area contributed by atoms with Crippen molar-refractivity contribution < 1.29 is 9.90 Å². The molecule has 5 N–H and O–H groups in total. The van der Waals surface area contributed by atoms with Gasteiger partial charge in [0, 0.05) is 17.1 Å². The van der Waals surface area contributed by atoms with Gasteiger partial charge in [0.1, 0.15) is 6.23 Å². The average molecular weight is 370 g/mol. The van der Waals surface area contributed by atoms with Crippen LogP contribution in [-0.4, -0.2) is 27.3 Å². The van der Waals surface area contributed by atoms with E-state index in [-0.39, 0.29) is 5.95 Å². The van der Waals surface area contributed by atoms with E-state index < -0.39 is 12.3 Å². The van der Waals surface area contributed by atoms with Crippen LogP contribution >= 0.6 is 23.2 Å². The van der Waals surface area contributed by atoms with Crippen molar-refractivity contribution in [3.8, 4) is 0 Å². The van der Waals surface area contributed by atoms with Crippen LogP contribution in [0.15, 0.2) is 24.3 Å². The maximum Gasteiger partial charge on any atom is 0.326 e. The minimum atomic E-state index is -0.908. The SMILES string of the molecule is Cc1cc(CCC(N)O)nc(NC(=O)Nc2ccc(Cl)c(Cl)c2)n1. The van der Waals surface area contributed by atoms with Gasteiger partial charge in [-0.2, -0.15) is 0 Å². The largest absolute Gasteiger partial charge is 0.379 e. The summed E-state index contributed by atoms with van der Waals surface area (Å²) >= 11 is 11.7. The summed E-state index contributed by atoms with van der Waals surface area (Å²) in [4.78, 5) is 20.4. The third-order valence-corrected chi connectivity index (χ3v) is 3.75. The second-order valence-corrected chi connectivity index (χ2v) is 5.95. The lowest BCUT2D eigenvalue weighted by Crippen LogP contribution is -2.22. The van der Waals surface area contributed by atoms with Gasteiger partial charge in [-0.3, -0.25) is 5.32 Å². The number of amides is 2. The molecule has 1 atom stereocenters. The Morgan fingerprint density at radius 1 is 1.25 bits per heavy atom. The maximum absolute atomic E-state index is 12.0. The number of rotatable bonds is 5. The topological polar surface area (TPSA) is 113 Å². The maximum atomic E-state index is 12.0. The smallest absolute Gasteiger partial charge is 0.326 e. The van der Waals surface area contributed by atoms with Gasteiger partial charge in [0.05, 0.1) is 10.0 Å². The Labute approximate surface area is 149 Å². The number of urea groups is 1. The number of anilines is 2. The molecular weight excluding hydrogens is 353 g/mol. The van der Waals surface area contributed by atoms with E-state index in [0.717, 1.165) is 0 Å². The highest BCUT2D eigenvalue weighted by molar-refractivity contribution is 6.42. The molecule has 1 aromatic heterocycles. The summed E-state index contributed by atoms with van der Waals surface area (Å²) in [7, 11) is 0. The molecule has 2 amide bonds. The number of carbonyl (C=O) groups excluding carboxylic acids is 1. The molecule has 0 spiro atoms. The van der Waals surface area contributed by atoms with Crippen LogP contribution in [0.25, 0.3) is 0 Å². The number of carbonyl (C=O) groups is 1. The zero-order valence-corrected chi connectivity index (χ0v) is 14.4. The summed E-state index contributed by atoms with van der Waals surface area (Å²) in [6.07, 6.45) is -0.0650. The van der Waals surface area contributed by atoms with Gasteiger partial charge in [0.15, 0.2) is 0 Å². The molecule has 0 radical (unpaired) electrons. The molecule has 0 fully saturated rings. The van der Waals surface area contributed by atoms with Crippen molar-refractivity contribution in [2.45, 2.75) is 26.0 Å². The average Bonchev–Trinajstić information content (AvgIpc) is 2.48. The van der Waals surface area contributed by atoms with Crippen molar-refractivity contribution >= 4 is 40.9 Å². The minimum absolute atomic E-state index is 0.161.